The number of ether oxygens (including phenoxy) is 1. The quantitative estimate of drug-likeness (QED) is 0.843. The molecule has 1 aromatic rings. The minimum atomic E-state index is 0.409. The van der Waals surface area contributed by atoms with Crippen molar-refractivity contribution in [3.63, 3.8) is 0 Å². The van der Waals surface area contributed by atoms with Crippen LogP contribution < -0.4 is 5.32 Å². The van der Waals surface area contributed by atoms with Crippen LogP contribution in [0.25, 0.3) is 0 Å². The van der Waals surface area contributed by atoms with Crippen LogP contribution in [-0.4, -0.2) is 25.8 Å². The van der Waals surface area contributed by atoms with Crippen molar-refractivity contribution in [2.24, 2.45) is 5.92 Å². The second-order valence-corrected chi connectivity index (χ2v) is 6.24. The summed E-state index contributed by atoms with van der Waals surface area (Å²) in [6.07, 6.45) is 4.42. The maximum atomic E-state index is 6.32. The lowest BCUT2D eigenvalue weighted by molar-refractivity contribution is 0.0393. The molecule has 112 valence electrons. The number of rotatable bonds is 6. The van der Waals surface area contributed by atoms with Crippen molar-refractivity contribution in [1.82, 2.24) is 5.32 Å². The van der Waals surface area contributed by atoms with Crippen LogP contribution in [-0.2, 0) is 11.2 Å². The first-order valence-electron chi connectivity index (χ1n) is 7.46. The molecule has 0 spiro atoms. The second-order valence-electron chi connectivity index (χ2n) is 5.45. The van der Waals surface area contributed by atoms with Crippen LogP contribution in [0.1, 0.15) is 31.7 Å². The van der Waals surface area contributed by atoms with Gasteiger partial charge >= 0.3 is 0 Å². The van der Waals surface area contributed by atoms with Gasteiger partial charge in [0.1, 0.15) is 0 Å². The largest absolute Gasteiger partial charge is 0.381 e. The Balaban J connectivity index is 2.07. The second kappa shape index (κ2) is 8.23. The number of benzene rings is 1. The zero-order chi connectivity index (χ0) is 14.4. The molecule has 1 aliphatic rings. The Hall–Kier alpha value is -0.280. The van der Waals surface area contributed by atoms with Crippen molar-refractivity contribution in [1.29, 1.82) is 0 Å². The fourth-order valence-electron chi connectivity index (χ4n) is 2.76. The summed E-state index contributed by atoms with van der Waals surface area (Å²) in [4.78, 5) is 0. The van der Waals surface area contributed by atoms with Crippen LogP contribution in [0.5, 0.6) is 0 Å². The summed E-state index contributed by atoms with van der Waals surface area (Å²) in [7, 11) is 0. The first-order valence-corrected chi connectivity index (χ1v) is 8.22. The molecule has 1 saturated heterocycles. The summed E-state index contributed by atoms with van der Waals surface area (Å²) in [5.74, 6) is 0.561. The van der Waals surface area contributed by atoms with Crippen LogP contribution in [0.4, 0.5) is 0 Å². The topological polar surface area (TPSA) is 21.3 Å². The Morgan fingerprint density at radius 3 is 2.95 bits per heavy atom. The Bertz CT molecular complexity index is 419. The zero-order valence-electron chi connectivity index (χ0n) is 12.0. The molecular formula is C16H23Cl2NO. The van der Waals surface area contributed by atoms with Gasteiger partial charge in [-0.25, -0.2) is 0 Å². The third-order valence-electron chi connectivity index (χ3n) is 3.89. The van der Waals surface area contributed by atoms with E-state index in [2.05, 4.69) is 18.3 Å². The van der Waals surface area contributed by atoms with E-state index in [-0.39, 0.29) is 0 Å². The predicted octanol–water partition coefficient (Wildman–Crippen LogP) is 4.33. The normalized spacial score (nSPS) is 20.9. The maximum absolute atomic E-state index is 6.32. The van der Waals surface area contributed by atoms with E-state index in [0.29, 0.717) is 22.0 Å². The first kappa shape index (κ1) is 16.1. The Morgan fingerprint density at radius 2 is 2.25 bits per heavy atom. The predicted molar refractivity (Wildman–Crippen MR) is 85.8 cm³/mol. The van der Waals surface area contributed by atoms with E-state index in [9.17, 15) is 0 Å². The van der Waals surface area contributed by atoms with Gasteiger partial charge in [-0.3, -0.25) is 0 Å². The lowest BCUT2D eigenvalue weighted by atomic mass is 9.89. The number of nitrogens with one attached hydrogen (secondary N) is 1. The zero-order valence-corrected chi connectivity index (χ0v) is 13.5. The van der Waals surface area contributed by atoms with Gasteiger partial charge < -0.3 is 10.1 Å². The van der Waals surface area contributed by atoms with Gasteiger partial charge in [-0.1, -0.05) is 42.3 Å². The molecule has 1 heterocycles. The SMILES string of the molecule is CCCNC(Cc1cccc(Cl)c1Cl)C1CCCOC1. The van der Waals surface area contributed by atoms with Crippen molar-refractivity contribution in [2.75, 3.05) is 19.8 Å². The van der Waals surface area contributed by atoms with Crippen LogP contribution in [0.2, 0.25) is 10.0 Å². The third-order valence-corrected chi connectivity index (χ3v) is 4.75. The Kier molecular flexibility index (Phi) is 6.63. The highest BCUT2D eigenvalue weighted by Crippen LogP contribution is 2.28. The molecule has 0 aromatic heterocycles. The molecule has 0 bridgehead atoms. The molecule has 0 aliphatic carbocycles. The molecule has 4 heteroatoms. The molecular weight excluding hydrogens is 293 g/mol. The lowest BCUT2D eigenvalue weighted by Gasteiger charge is -2.31. The van der Waals surface area contributed by atoms with Crippen LogP contribution >= 0.6 is 23.2 Å². The number of halogens is 2. The summed E-state index contributed by atoms with van der Waals surface area (Å²) in [5.41, 5.74) is 1.12. The van der Waals surface area contributed by atoms with Crippen molar-refractivity contribution in [3.8, 4) is 0 Å². The number of hydrogen-bond donors (Lipinski definition) is 1. The van der Waals surface area contributed by atoms with E-state index in [1.54, 1.807) is 0 Å². The van der Waals surface area contributed by atoms with Crippen LogP contribution in [0.15, 0.2) is 18.2 Å². The molecule has 2 atom stereocenters. The summed E-state index contributed by atoms with van der Waals surface area (Å²) < 4.78 is 5.64. The minimum absolute atomic E-state index is 0.409. The fraction of sp³-hybridized carbons (Fsp3) is 0.625. The average molecular weight is 316 g/mol. The summed E-state index contributed by atoms with van der Waals surface area (Å²) >= 11 is 12.4. The summed E-state index contributed by atoms with van der Waals surface area (Å²) in [6.45, 7) is 4.96. The summed E-state index contributed by atoms with van der Waals surface area (Å²) in [5, 5.41) is 4.98. The molecule has 0 radical (unpaired) electrons. The third kappa shape index (κ3) is 4.36. The Labute approximate surface area is 131 Å². The van der Waals surface area contributed by atoms with Crippen LogP contribution in [0.3, 0.4) is 0 Å². The lowest BCUT2D eigenvalue weighted by Crippen LogP contribution is -2.42. The molecule has 20 heavy (non-hydrogen) atoms. The minimum Gasteiger partial charge on any atom is -0.381 e. The highest BCUT2D eigenvalue weighted by atomic mass is 35.5. The molecule has 0 saturated carbocycles. The fourth-order valence-corrected chi connectivity index (χ4v) is 3.16. The van der Waals surface area contributed by atoms with Crippen molar-refractivity contribution < 1.29 is 4.74 Å². The van der Waals surface area contributed by atoms with E-state index in [1.165, 1.54) is 6.42 Å². The van der Waals surface area contributed by atoms with E-state index in [0.717, 1.165) is 44.6 Å². The van der Waals surface area contributed by atoms with Crippen molar-refractivity contribution >= 4 is 23.2 Å². The number of hydrogen-bond acceptors (Lipinski definition) is 2. The highest BCUT2D eigenvalue weighted by Gasteiger charge is 2.24. The van der Waals surface area contributed by atoms with Gasteiger partial charge in [0.05, 0.1) is 16.7 Å². The Morgan fingerprint density at radius 1 is 1.40 bits per heavy atom. The molecule has 2 unspecified atom stereocenters. The average Bonchev–Trinajstić information content (AvgIpc) is 2.48. The molecule has 1 aromatic carbocycles. The van der Waals surface area contributed by atoms with Gasteiger partial charge in [0.15, 0.2) is 0 Å². The van der Waals surface area contributed by atoms with Gasteiger partial charge in [0.2, 0.25) is 0 Å². The maximum Gasteiger partial charge on any atom is 0.0624 e. The molecule has 1 N–H and O–H groups in total. The smallest absolute Gasteiger partial charge is 0.0624 e. The first-order chi connectivity index (χ1) is 9.72. The van der Waals surface area contributed by atoms with E-state index < -0.39 is 0 Å². The molecule has 2 rings (SSSR count). The van der Waals surface area contributed by atoms with E-state index >= 15 is 0 Å². The van der Waals surface area contributed by atoms with Gasteiger partial charge in [0, 0.05) is 12.6 Å². The van der Waals surface area contributed by atoms with E-state index in [4.69, 9.17) is 27.9 Å². The standard InChI is InChI=1S/C16H23Cl2NO/c1-2-8-19-15(13-6-4-9-20-11-13)10-12-5-3-7-14(17)16(12)18/h3,5,7,13,15,19H,2,4,6,8-11H2,1H3. The van der Waals surface area contributed by atoms with Crippen LogP contribution in [0, 0.1) is 5.92 Å². The monoisotopic (exact) mass is 315 g/mol. The van der Waals surface area contributed by atoms with Gasteiger partial charge in [-0.2, -0.15) is 0 Å². The highest BCUT2D eigenvalue weighted by molar-refractivity contribution is 6.42. The van der Waals surface area contributed by atoms with E-state index in [1.807, 2.05) is 12.1 Å². The van der Waals surface area contributed by atoms with Gasteiger partial charge in [-0.05, 0) is 49.8 Å². The molecule has 2 nitrogen and oxygen atoms in total. The molecule has 0 amide bonds. The van der Waals surface area contributed by atoms with Crippen molar-refractivity contribution in [3.05, 3.63) is 33.8 Å². The molecule has 1 aliphatic heterocycles. The van der Waals surface area contributed by atoms with Crippen molar-refractivity contribution in [2.45, 2.75) is 38.6 Å². The summed E-state index contributed by atoms with van der Waals surface area (Å²) in [6, 6.07) is 6.29. The molecule has 1 fully saturated rings. The van der Waals surface area contributed by atoms with Gasteiger partial charge in [0.25, 0.3) is 0 Å². The van der Waals surface area contributed by atoms with Gasteiger partial charge in [-0.15, -0.1) is 0 Å².